The molecule has 9 heterocycles. The minimum absolute atomic E-state index is 0. The fourth-order valence-electron chi connectivity index (χ4n) is 14.6. The summed E-state index contributed by atoms with van der Waals surface area (Å²) in [6.07, 6.45) is 25.8. The van der Waals surface area contributed by atoms with Gasteiger partial charge in [0, 0.05) is 140 Å². The Morgan fingerprint density at radius 1 is 0.453 bits per heavy atom. The minimum Gasteiger partial charge on any atom is -0.444 e. The van der Waals surface area contributed by atoms with Crippen LogP contribution < -0.4 is 5.73 Å². The number of ether oxygens (including phenoxy) is 10. The third-order valence-electron chi connectivity index (χ3n) is 21.4. The number of rotatable bonds is 10. The maximum Gasteiger partial charge on any atom is 0.410 e. The van der Waals surface area contributed by atoms with E-state index in [-0.39, 0.29) is 98.9 Å². The van der Waals surface area contributed by atoms with Crippen molar-refractivity contribution in [3.63, 3.8) is 0 Å². The van der Waals surface area contributed by atoms with Gasteiger partial charge in [0.2, 0.25) is 0 Å². The van der Waals surface area contributed by atoms with Crippen LogP contribution >= 0.6 is 31.9 Å². The number of benzene rings is 1. The van der Waals surface area contributed by atoms with Crippen LogP contribution in [-0.2, 0) is 57.0 Å². The van der Waals surface area contributed by atoms with Gasteiger partial charge in [0.15, 0.2) is 0 Å². The van der Waals surface area contributed by atoms with Gasteiger partial charge in [-0.1, -0.05) is 127 Å². The second-order valence-corrected chi connectivity index (χ2v) is 40.8. The summed E-state index contributed by atoms with van der Waals surface area (Å²) in [6, 6.07) is 10.9. The van der Waals surface area contributed by atoms with Gasteiger partial charge in [-0.2, -0.15) is 0 Å². The van der Waals surface area contributed by atoms with Gasteiger partial charge < -0.3 is 92.7 Å². The number of Topliss-reactive ketones (excluding diaryl/α,β-unsaturated/α-hetero) is 2. The number of nitrogens with two attached hydrogens (primary N) is 1. The number of carbonyl (C=O) groups excluding carboxylic acids is 8. The molecule has 1 saturated carbocycles. The molecule has 128 heavy (non-hydrogen) atoms. The molecule has 27 nitrogen and oxygen atoms in total. The van der Waals surface area contributed by atoms with E-state index in [0.29, 0.717) is 155 Å². The van der Waals surface area contributed by atoms with Crippen LogP contribution in [0.2, 0.25) is 0 Å². The van der Waals surface area contributed by atoms with Crippen molar-refractivity contribution in [2.24, 2.45) is 5.73 Å². The Morgan fingerprint density at radius 2 is 0.789 bits per heavy atom. The lowest BCUT2D eigenvalue weighted by Gasteiger charge is -2.45. The lowest BCUT2D eigenvalue weighted by atomic mass is 9.83. The van der Waals surface area contributed by atoms with Gasteiger partial charge in [-0.15, -0.1) is 32.9 Å². The van der Waals surface area contributed by atoms with Crippen molar-refractivity contribution in [3.05, 3.63) is 111 Å². The quantitative estimate of drug-likeness (QED) is 0.111. The first kappa shape index (κ1) is 121. The highest BCUT2D eigenvalue weighted by atomic mass is 79.9. The zero-order chi connectivity index (χ0) is 94.3. The summed E-state index contributed by atoms with van der Waals surface area (Å²) in [5.74, 6) is 1.16. The maximum atomic E-state index is 12.0. The van der Waals surface area contributed by atoms with E-state index < -0.39 is 39.2 Å². The number of ketones is 2. The lowest BCUT2D eigenvalue weighted by molar-refractivity contribution is -0.147. The molecule has 9 fully saturated rings. The normalized spacial score (nSPS) is 21.1. The molecule has 3 spiro atoms. The third kappa shape index (κ3) is 49.2. The van der Waals surface area contributed by atoms with E-state index >= 15 is 0 Å². The first-order chi connectivity index (χ1) is 58.2. The molecule has 29 heteroatoms. The second kappa shape index (κ2) is 57.0. The molecule has 3 atom stereocenters. The molecule has 736 valence electrons. The van der Waals surface area contributed by atoms with Gasteiger partial charge in [-0.3, -0.25) is 9.59 Å². The van der Waals surface area contributed by atoms with Crippen LogP contribution in [0, 0.1) is 0 Å². The van der Waals surface area contributed by atoms with Crippen molar-refractivity contribution < 1.29 is 95.9 Å². The molecule has 6 amide bonds. The molecule has 10 aliphatic rings. The monoisotopic (exact) mass is 1940 g/mol. The second-order valence-electron chi connectivity index (χ2n) is 39.5. The van der Waals surface area contributed by atoms with Gasteiger partial charge >= 0.3 is 36.6 Å². The first-order valence-corrected chi connectivity index (χ1v) is 46.9. The molecule has 4 N–H and O–H groups in total. The molecule has 1 aliphatic carbocycles. The molecule has 1 unspecified atom stereocenters. The van der Waals surface area contributed by atoms with Crippen molar-refractivity contribution in [3.8, 4) is 0 Å². The Balaban J connectivity index is 0.00000145. The number of piperidine rings is 6. The predicted octanol–water partition coefficient (Wildman–Crippen LogP) is 20.8. The maximum absolute atomic E-state index is 12.0. The highest BCUT2D eigenvalue weighted by molar-refractivity contribution is 9.09. The summed E-state index contributed by atoms with van der Waals surface area (Å²) < 4.78 is 55.4. The van der Waals surface area contributed by atoms with Crippen LogP contribution in [0.3, 0.4) is 0 Å². The summed E-state index contributed by atoms with van der Waals surface area (Å²) in [4.78, 5) is 104. The molecule has 0 aromatic heterocycles. The van der Waals surface area contributed by atoms with Crippen molar-refractivity contribution in [1.82, 2.24) is 29.4 Å². The predicted molar refractivity (Wildman–Crippen MR) is 520 cm³/mol. The number of aliphatic hydroxyl groups excluding tert-OH is 1. The van der Waals surface area contributed by atoms with Gasteiger partial charge in [-0.25, -0.2) is 28.8 Å². The molecule has 0 bridgehead atoms. The van der Waals surface area contributed by atoms with E-state index in [1.54, 1.807) is 53.7 Å². The van der Waals surface area contributed by atoms with Crippen LogP contribution in [0.4, 0.5) is 28.8 Å². The molecular formula is C99H171Br2N7O20. The minimum atomic E-state index is -0.694. The molecule has 1 aromatic rings. The van der Waals surface area contributed by atoms with Crippen LogP contribution in [0.25, 0.3) is 0 Å². The largest absolute Gasteiger partial charge is 0.444 e. The summed E-state index contributed by atoms with van der Waals surface area (Å²) >= 11 is 6.26. The Labute approximate surface area is 788 Å². The number of halogens is 2. The number of hydrogen-bond donors (Lipinski definition) is 3. The highest BCUT2D eigenvalue weighted by Crippen LogP contribution is 2.40. The van der Waals surface area contributed by atoms with Crippen LogP contribution in [0.15, 0.2) is 106 Å². The number of allylic oxidation sites excluding steroid dienone is 2. The SMILES string of the molecule is C.C.C.C=CCBr.C=CCBr.C=CCC1(O)CCN(C(=O)OC(C)(C)C)CC1.C=CCOC1(CC=C)CCN(C(=O)OC(C)(C)C)CC1.CC(C)(C)OC(=O)N1CCC(=O)CC1.CC(C)(C)OC(=O)N1CCC2(CC1)CC(=O)CCO2.CC(C)(C)OC(=O)N1CCC2(CC1)CC(O)CCO2.CC(C)(C)OC(=O)N1CCC2(CC=CCO2)CC1.N[C@@H]1C[C@H]1c1ccccc1. The Bertz CT molecular complexity index is 3500. The summed E-state index contributed by atoms with van der Waals surface area (Å²) in [5, 5.41) is 21.7. The fraction of sp³-hybridized carbons (Fsp3) is 0.737. The van der Waals surface area contributed by atoms with Gasteiger partial charge in [0.1, 0.15) is 45.2 Å². The van der Waals surface area contributed by atoms with E-state index in [9.17, 15) is 48.6 Å². The number of nitrogens with zero attached hydrogens (tertiary/aromatic N) is 6. The number of alkyl halides is 2. The molecule has 11 rings (SSSR count). The summed E-state index contributed by atoms with van der Waals surface area (Å²) in [7, 11) is 0. The molecule has 8 saturated heterocycles. The topological polar surface area (TPSA) is 315 Å². The summed E-state index contributed by atoms with van der Waals surface area (Å²) in [5.41, 5.74) is 2.88. The molecule has 9 aliphatic heterocycles. The molecular weight excluding hydrogens is 1770 g/mol. The van der Waals surface area contributed by atoms with Crippen molar-refractivity contribution in [2.75, 3.05) is 116 Å². The highest BCUT2D eigenvalue weighted by Gasteiger charge is 2.45. The van der Waals surface area contributed by atoms with Crippen LogP contribution in [0.5, 0.6) is 0 Å². The van der Waals surface area contributed by atoms with Gasteiger partial charge in [0.05, 0.1) is 53.9 Å². The van der Waals surface area contributed by atoms with E-state index in [2.05, 4.69) is 101 Å². The Kier molecular flexibility index (Phi) is 54.0. The van der Waals surface area contributed by atoms with E-state index in [1.807, 2.05) is 137 Å². The number of amides is 6. The van der Waals surface area contributed by atoms with E-state index in [4.69, 9.17) is 53.1 Å². The Morgan fingerprint density at radius 3 is 1.10 bits per heavy atom. The smallest absolute Gasteiger partial charge is 0.410 e. The number of carbonyl (C=O) groups is 8. The van der Waals surface area contributed by atoms with Crippen LogP contribution in [0.1, 0.15) is 287 Å². The number of hydrogen-bond acceptors (Lipinski definition) is 21. The zero-order valence-electron chi connectivity index (χ0n) is 79.3. The fourth-order valence-corrected chi connectivity index (χ4v) is 14.6. The molecule has 1 aromatic carbocycles. The van der Waals surface area contributed by atoms with Gasteiger partial charge in [0.25, 0.3) is 0 Å². The third-order valence-corrected chi connectivity index (χ3v) is 22.3. The average Bonchev–Trinajstić information content (AvgIpc) is 1.47. The van der Waals surface area contributed by atoms with Crippen molar-refractivity contribution >= 4 is 80.0 Å². The number of likely N-dealkylation sites (tertiary alicyclic amines) is 6. The van der Waals surface area contributed by atoms with Crippen LogP contribution in [-0.4, -0.2) is 277 Å². The standard InChI is InChI=1S/C16H27NO3.C14H25NO4.C14H23NO4.C14H23NO3.C13H23NO3.C10H17NO3.C9H11N.2C3H5Br.3CH4/c1-6-8-16(19-13-7-2)9-11-17(12-10-16)14(18)20-15(3,4)5;2*1-13(2,3)19-12(17)15-7-5-14(6-8-15)10-11(16)4-9-18-14;1-13(2,3)18-12(16)15-9-7-14(8-10-15)6-4-5-11-17-14;1-5-6-13(16)7-9-14(10-8-13)11(15)17-12(2,3)4;1-10(2,3)14-9(13)11-6-4-8(12)5-7-11;10-9-6-8(9)7-4-2-1-3-5-7;2*1-2-3-4;;;/h6-7H,1-2,8-13H2,3-5H3;11,16H,4-10H2,1-3H3;4-10H2,1-3H3;4-5H,6-11H2,1-3H3;5,16H,1,6-10H2,2-4H3;4-7H2,1-3H3;1-5,8-9H,6,10H2;2*2H,1,3H2;3*1H4/t;;;;;;8-,9+;;;;;/m......0...../s1. The summed E-state index contributed by atoms with van der Waals surface area (Å²) in [6.45, 7) is 61.2. The van der Waals surface area contributed by atoms with Gasteiger partial charge in [-0.05, 0) is 227 Å². The average molecular weight is 1940 g/mol. The number of aliphatic hydroxyl groups is 2. The molecule has 0 radical (unpaired) electrons. The lowest BCUT2D eigenvalue weighted by Crippen LogP contribution is -2.52. The Hall–Kier alpha value is -6.70. The van der Waals surface area contributed by atoms with E-state index in [0.717, 1.165) is 94.4 Å². The zero-order valence-corrected chi connectivity index (χ0v) is 82.5. The van der Waals surface area contributed by atoms with Crippen molar-refractivity contribution in [2.45, 2.75) is 355 Å². The first-order valence-electron chi connectivity index (χ1n) is 44.7. The van der Waals surface area contributed by atoms with E-state index in [1.165, 1.54) is 12.0 Å². The van der Waals surface area contributed by atoms with Crippen molar-refractivity contribution in [1.29, 1.82) is 0 Å².